The van der Waals surface area contributed by atoms with Crippen molar-refractivity contribution in [1.29, 1.82) is 0 Å². The van der Waals surface area contributed by atoms with Crippen LogP contribution in [-0.4, -0.2) is 87.1 Å². The number of imide groups is 1. The van der Waals surface area contributed by atoms with Gasteiger partial charge < -0.3 is 19.5 Å². The van der Waals surface area contributed by atoms with Crippen LogP contribution in [0.25, 0.3) is 5.00 Å². The first-order chi connectivity index (χ1) is 28.5. The van der Waals surface area contributed by atoms with Gasteiger partial charge in [0.1, 0.15) is 47.4 Å². The lowest BCUT2D eigenvalue weighted by molar-refractivity contribution is -0.132. The molecule has 2 atom stereocenters. The lowest BCUT2D eigenvalue weighted by Crippen LogP contribution is -2.47. The van der Waals surface area contributed by atoms with Gasteiger partial charge in [-0.15, -0.1) is 21.5 Å². The summed E-state index contributed by atoms with van der Waals surface area (Å²) in [7, 11) is 0. The van der Waals surface area contributed by atoms with Gasteiger partial charge in [0.25, 0.3) is 11.8 Å². The molecule has 4 heterocycles. The molecule has 14 nitrogen and oxygen atoms in total. The topological polar surface area (TPSA) is 171 Å². The van der Waals surface area contributed by atoms with Gasteiger partial charge in [0.2, 0.25) is 5.91 Å². The molecule has 3 aromatic carbocycles. The van der Waals surface area contributed by atoms with E-state index in [4.69, 9.17) is 19.2 Å². The highest BCUT2D eigenvalue weighted by Crippen LogP contribution is 2.40. The number of thiophene rings is 1. The number of carbonyl (C=O) groups excluding carboxylic acids is 5. The third kappa shape index (κ3) is 7.82. The molecule has 2 aromatic heterocycles. The number of rotatable bonds is 13. The molecule has 1 N–H and O–H groups in total. The Balaban J connectivity index is 0.888. The molecule has 1 aliphatic carbocycles. The molecule has 0 radical (unpaired) electrons. The van der Waals surface area contributed by atoms with Gasteiger partial charge in [0, 0.05) is 28.1 Å². The van der Waals surface area contributed by atoms with E-state index in [1.54, 1.807) is 23.5 Å². The first-order valence-electron chi connectivity index (χ1n) is 19.4. The first kappa shape index (κ1) is 39.5. The average molecular weight is 815 g/mol. The van der Waals surface area contributed by atoms with Crippen molar-refractivity contribution in [2.24, 2.45) is 4.99 Å². The number of ether oxygens (including phenoxy) is 3. The number of carbonyl (C=O) groups is 5. The van der Waals surface area contributed by atoms with Crippen LogP contribution in [0.3, 0.4) is 0 Å². The maximum Gasteiger partial charge on any atom is 0.266 e. The summed E-state index contributed by atoms with van der Waals surface area (Å²) in [6.07, 6.45) is 0.0810. The molecule has 3 amide bonds. The number of amides is 3. The fourth-order valence-corrected chi connectivity index (χ4v) is 8.81. The fraction of sp³-hybridized carbons (Fsp3) is 0.318. The van der Waals surface area contributed by atoms with Gasteiger partial charge in [-0.1, -0.05) is 23.8 Å². The minimum Gasteiger partial charge on any atom is -0.491 e. The number of aromatic nitrogens is 3. The Kier molecular flexibility index (Phi) is 11.1. The minimum absolute atomic E-state index is 0.0747. The minimum atomic E-state index is -0.949. The number of nitrogens with one attached hydrogen (secondary N) is 1. The van der Waals surface area contributed by atoms with E-state index in [1.165, 1.54) is 6.07 Å². The van der Waals surface area contributed by atoms with E-state index in [2.05, 4.69) is 29.4 Å². The van der Waals surface area contributed by atoms with Crippen molar-refractivity contribution in [3.8, 4) is 16.5 Å². The van der Waals surface area contributed by atoms with Crippen LogP contribution in [0.5, 0.6) is 11.5 Å². The molecule has 8 rings (SSSR count). The molecule has 2 aliphatic heterocycles. The second kappa shape index (κ2) is 16.5. The monoisotopic (exact) mass is 814 g/mol. The molecule has 1 saturated carbocycles. The Morgan fingerprint density at radius 2 is 1.59 bits per heavy atom. The highest BCUT2D eigenvalue weighted by molar-refractivity contribution is 7.15. The summed E-state index contributed by atoms with van der Waals surface area (Å²) in [5.74, 6) is 0.252. The third-order valence-corrected chi connectivity index (χ3v) is 11.9. The van der Waals surface area contributed by atoms with Crippen LogP contribution in [0.4, 0.5) is 5.69 Å². The summed E-state index contributed by atoms with van der Waals surface area (Å²) < 4.78 is 19.6. The molecule has 1 unspecified atom stereocenters. The SMILES string of the molecule is Cc1ccc(NC(=O)C[C@@H]2N=C(c3ccc(OCCOCCOc4cccc5c4C(=O)N(C4CCC(=O)CC4=O)C5=O)cc3)c3c(sc(C)c3C)-n3c(C)nnc32)cc1. The largest absolute Gasteiger partial charge is 0.491 e. The predicted molar refractivity (Wildman–Crippen MR) is 219 cm³/mol. The Hall–Kier alpha value is -6.32. The Morgan fingerprint density at radius 3 is 2.34 bits per heavy atom. The second-order valence-electron chi connectivity index (χ2n) is 14.7. The van der Waals surface area contributed by atoms with E-state index in [0.29, 0.717) is 17.3 Å². The van der Waals surface area contributed by atoms with Crippen LogP contribution in [-0.2, 0) is 19.1 Å². The molecule has 59 heavy (non-hydrogen) atoms. The predicted octanol–water partition coefficient (Wildman–Crippen LogP) is 6.24. The maximum atomic E-state index is 13.4. The molecule has 1 fully saturated rings. The Morgan fingerprint density at radius 1 is 0.847 bits per heavy atom. The second-order valence-corrected chi connectivity index (χ2v) is 15.9. The number of ketones is 2. The average Bonchev–Trinajstić information content (AvgIpc) is 3.79. The van der Waals surface area contributed by atoms with Crippen LogP contribution < -0.4 is 14.8 Å². The number of benzene rings is 3. The van der Waals surface area contributed by atoms with Gasteiger partial charge in [-0.05, 0) is 88.2 Å². The molecule has 0 spiro atoms. The molecule has 5 aromatic rings. The zero-order valence-corrected chi connectivity index (χ0v) is 33.9. The third-order valence-electron chi connectivity index (χ3n) is 10.7. The number of aryl methyl sites for hydroxylation is 3. The number of anilines is 1. The Bertz CT molecular complexity index is 2520. The Labute approximate surface area is 344 Å². The zero-order valence-electron chi connectivity index (χ0n) is 33.1. The van der Waals surface area contributed by atoms with Crippen molar-refractivity contribution < 1.29 is 38.2 Å². The first-order valence-corrected chi connectivity index (χ1v) is 20.3. The number of nitrogens with zero attached hydrogens (tertiary/aromatic N) is 5. The molecule has 0 bridgehead atoms. The van der Waals surface area contributed by atoms with E-state index < -0.39 is 29.7 Å². The van der Waals surface area contributed by atoms with Crippen molar-refractivity contribution >= 4 is 52.0 Å². The van der Waals surface area contributed by atoms with Crippen LogP contribution in [0, 0.1) is 27.7 Å². The quantitative estimate of drug-likeness (QED) is 0.0815. The standard InChI is InChI=1S/C44H42N6O8S/c1-24-8-12-29(13-9-24)45-37(53)23-33-41-48-47-27(4)49(41)44-38(25(2)26(3)59-44)40(46-33)28-10-15-31(16-11-28)57-20-18-56-19-21-58-36-7-5-6-32-39(36)43(55)50(42(32)54)34-17-14-30(51)22-35(34)52/h5-13,15-16,33-34H,14,17-23H2,1-4H3,(H,45,53)/t33-,34?/m0/s1. The molecular weight excluding hydrogens is 773 g/mol. The molecule has 15 heteroatoms. The molecular formula is C44H42N6O8S. The summed E-state index contributed by atoms with van der Waals surface area (Å²) in [6, 6.07) is 18.5. The van der Waals surface area contributed by atoms with Crippen molar-refractivity contribution in [3.63, 3.8) is 0 Å². The number of aliphatic imine (C=N–C) groups is 1. The van der Waals surface area contributed by atoms with E-state index in [9.17, 15) is 24.0 Å². The lowest BCUT2D eigenvalue weighted by atomic mass is 9.92. The van der Waals surface area contributed by atoms with Gasteiger partial charge in [0.05, 0.1) is 48.9 Å². The highest BCUT2D eigenvalue weighted by Gasteiger charge is 2.45. The van der Waals surface area contributed by atoms with E-state index in [-0.39, 0.29) is 80.7 Å². The van der Waals surface area contributed by atoms with Crippen molar-refractivity contribution in [1.82, 2.24) is 19.7 Å². The molecule has 0 saturated heterocycles. The lowest BCUT2D eigenvalue weighted by Gasteiger charge is -2.27. The van der Waals surface area contributed by atoms with Crippen molar-refractivity contribution in [3.05, 3.63) is 117 Å². The number of hydrogen-bond donors (Lipinski definition) is 1. The zero-order chi connectivity index (χ0) is 41.4. The van der Waals surface area contributed by atoms with E-state index in [0.717, 1.165) is 48.6 Å². The normalized spacial score (nSPS) is 17.3. The van der Waals surface area contributed by atoms with Crippen LogP contribution >= 0.6 is 11.3 Å². The summed E-state index contributed by atoms with van der Waals surface area (Å²) in [5, 5.41) is 12.9. The highest BCUT2D eigenvalue weighted by atomic mass is 32.1. The molecule has 302 valence electrons. The summed E-state index contributed by atoms with van der Waals surface area (Å²) in [4.78, 5) is 71.5. The van der Waals surface area contributed by atoms with Gasteiger partial charge in [-0.3, -0.25) is 38.4 Å². The maximum absolute atomic E-state index is 13.4. The number of Topliss-reactive ketones (excluding diaryl/α,β-unsaturated/α-hetero) is 2. The van der Waals surface area contributed by atoms with Crippen LogP contribution in [0.1, 0.15) is 91.2 Å². The summed E-state index contributed by atoms with van der Waals surface area (Å²) in [6.45, 7) is 8.90. The molecule has 3 aliphatic rings. The van der Waals surface area contributed by atoms with Gasteiger partial charge in [-0.2, -0.15) is 0 Å². The van der Waals surface area contributed by atoms with Gasteiger partial charge >= 0.3 is 0 Å². The number of fused-ring (bicyclic) bond motifs is 4. The smallest absolute Gasteiger partial charge is 0.266 e. The van der Waals surface area contributed by atoms with Gasteiger partial charge in [-0.25, -0.2) is 0 Å². The number of hydrogen-bond acceptors (Lipinski definition) is 12. The summed E-state index contributed by atoms with van der Waals surface area (Å²) >= 11 is 1.65. The fourth-order valence-electron chi connectivity index (χ4n) is 7.60. The van der Waals surface area contributed by atoms with E-state index >= 15 is 0 Å². The van der Waals surface area contributed by atoms with Gasteiger partial charge in [0.15, 0.2) is 11.6 Å². The van der Waals surface area contributed by atoms with Crippen LogP contribution in [0.15, 0.2) is 71.7 Å². The summed E-state index contributed by atoms with van der Waals surface area (Å²) in [5.41, 5.74) is 5.81. The van der Waals surface area contributed by atoms with Crippen molar-refractivity contribution in [2.75, 3.05) is 31.7 Å². The van der Waals surface area contributed by atoms with E-state index in [1.807, 2.05) is 66.9 Å². The van der Waals surface area contributed by atoms with Crippen molar-refractivity contribution in [2.45, 2.75) is 65.5 Å². The van der Waals surface area contributed by atoms with Crippen LogP contribution in [0.2, 0.25) is 0 Å².